The van der Waals surface area contributed by atoms with Crippen LogP contribution in [0.25, 0.3) is 0 Å². The SMILES string of the molecule is CCCCC(=O)N1CCN(C(=O)c2cc(C)c(C)cc2C)CC1. The first kappa shape index (κ1) is 17.5. The molecule has 2 amide bonds. The highest BCUT2D eigenvalue weighted by Crippen LogP contribution is 2.18. The molecule has 1 heterocycles. The predicted molar refractivity (Wildman–Crippen MR) is 92.7 cm³/mol. The molecule has 0 radical (unpaired) electrons. The van der Waals surface area contributed by atoms with E-state index in [-0.39, 0.29) is 11.8 Å². The van der Waals surface area contributed by atoms with E-state index in [9.17, 15) is 9.59 Å². The molecule has 0 N–H and O–H groups in total. The zero-order valence-corrected chi connectivity index (χ0v) is 14.8. The number of amides is 2. The Morgan fingerprint density at radius 3 is 2.09 bits per heavy atom. The van der Waals surface area contributed by atoms with Crippen molar-refractivity contribution in [2.75, 3.05) is 26.2 Å². The molecule has 0 spiro atoms. The van der Waals surface area contributed by atoms with Gasteiger partial charge in [-0.1, -0.05) is 19.4 Å². The van der Waals surface area contributed by atoms with Crippen molar-refractivity contribution in [3.63, 3.8) is 0 Å². The van der Waals surface area contributed by atoms with Gasteiger partial charge < -0.3 is 9.80 Å². The molecule has 0 atom stereocenters. The molecule has 4 nitrogen and oxygen atoms in total. The monoisotopic (exact) mass is 316 g/mol. The van der Waals surface area contributed by atoms with Crippen LogP contribution < -0.4 is 0 Å². The van der Waals surface area contributed by atoms with Gasteiger partial charge in [-0.05, 0) is 49.9 Å². The molecule has 126 valence electrons. The molecule has 2 rings (SSSR count). The van der Waals surface area contributed by atoms with E-state index < -0.39 is 0 Å². The predicted octanol–water partition coefficient (Wildman–Crippen LogP) is 3.09. The number of rotatable bonds is 4. The van der Waals surface area contributed by atoms with Crippen molar-refractivity contribution in [3.8, 4) is 0 Å². The van der Waals surface area contributed by atoms with Crippen LogP contribution in [0.15, 0.2) is 12.1 Å². The van der Waals surface area contributed by atoms with E-state index in [2.05, 4.69) is 19.9 Å². The minimum absolute atomic E-state index is 0.0891. The molecule has 1 saturated heterocycles. The quantitative estimate of drug-likeness (QED) is 0.856. The molecule has 4 heteroatoms. The molecule has 0 saturated carbocycles. The minimum Gasteiger partial charge on any atom is -0.339 e. The van der Waals surface area contributed by atoms with Crippen LogP contribution in [0.4, 0.5) is 0 Å². The fourth-order valence-electron chi connectivity index (χ4n) is 3.01. The van der Waals surface area contributed by atoms with Gasteiger partial charge in [0.15, 0.2) is 0 Å². The smallest absolute Gasteiger partial charge is 0.254 e. The highest BCUT2D eigenvalue weighted by Gasteiger charge is 2.25. The van der Waals surface area contributed by atoms with Gasteiger partial charge in [-0.2, -0.15) is 0 Å². The Bertz CT molecular complexity index is 587. The van der Waals surface area contributed by atoms with Crippen molar-refractivity contribution >= 4 is 11.8 Å². The third-order valence-corrected chi connectivity index (χ3v) is 4.73. The van der Waals surface area contributed by atoms with E-state index >= 15 is 0 Å². The lowest BCUT2D eigenvalue weighted by atomic mass is 10.00. The van der Waals surface area contributed by atoms with Crippen LogP contribution in [0.5, 0.6) is 0 Å². The Morgan fingerprint density at radius 2 is 1.48 bits per heavy atom. The van der Waals surface area contributed by atoms with Gasteiger partial charge in [-0.3, -0.25) is 9.59 Å². The number of benzene rings is 1. The largest absolute Gasteiger partial charge is 0.339 e. The standard InChI is InChI=1S/C19H28N2O2/c1-5-6-7-18(22)20-8-10-21(11-9-20)19(23)17-13-15(3)14(2)12-16(17)4/h12-13H,5-11H2,1-4H3. The topological polar surface area (TPSA) is 40.6 Å². The highest BCUT2D eigenvalue weighted by atomic mass is 16.2. The Morgan fingerprint density at radius 1 is 0.913 bits per heavy atom. The fourth-order valence-corrected chi connectivity index (χ4v) is 3.01. The molecule has 0 unspecified atom stereocenters. The summed E-state index contributed by atoms with van der Waals surface area (Å²) in [7, 11) is 0. The average molecular weight is 316 g/mol. The van der Waals surface area contributed by atoms with E-state index in [1.165, 1.54) is 5.56 Å². The molecule has 1 fully saturated rings. The van der Waals surface area contributed by atoms with Gasteiger partial charge in [0.05, 0.1) is 0 Å². The van der Waals surface area contributed by atoms with Crippen molar-refractivity contribution in [1.82, 2.24) is 9.80 Å². The first-order valence-electron chi connectivity index (χ1n) is 8.59. The van der Waals surface area contributed by atoms with Crippen LogP contribution in [-0.2, 0) is 4.79 Å². The van der Waals surface area contributed by atoms with Crippen molar-refractivity contribution in [3.05, 3.63) is 34.4 Å². The number of unbranched alkanes of at least 4 members (excludes halogenated alkanes) is 1. The summed E-state index contributed by atoms with van der Waals surface area (Å²) >= 11 is 0. The second-order valence-corrected chi connectivity index (χ2v) is 6.53. The van der Waals surface area contributed by atoms with E-state index in [4.69, 9.17) is 0 Å². The Hall–Kier alpha value is -1.84. The number of nitrogens with zero attached hydrogens (tertiary/aromatic N) is 2. The summed E-state index contributed by atoms with van der Waals surface area (Å²) < 4.78 is 0. The number of hydrogen-bond donors (Lipinski definition) is 0. The maximum Gasteiger partial charge on any atom is 0.254 e. The molecule has 1 aliphatic rings. The lowest BCUT2D eigenvalue weighted by Crippen LogP contribution is -2.50. The third-order valence-electron chi connectivity index (χ3n) is 4.73. The van der Waals surface area contributed by atoms with Crippen LogP contribution in [0, 0.1) is 20.8 Å². The number of carbonyl (C=O) groups excluding carboxylic acids is 2. The minimum atomic E-state index is 0.0891. The Balaban J connectivity index is 1.99. The van der Waals surface area contributed by atoms with Gasteiger partial charge in [0.25, 0.3) is 5.91 Å². The molecule has 1 aromatic carbocycles. The van der Waals surface area contributed by atoms with E-state index in [1.807, 2.05) is 29.7 Å². The maximum atomic E-state index is 12.8. The van der Waals surface area contributed by atoms with Crippen LogP contribution in [-0.4, -0.2) is 47.8 Å². The molecule has 0 aromatic heterocycles. The van der Waals surface area contributed by atoms with Crippen molar-refractivity contribution in [1.29, 1.82) is 0 Å². The lowest BCUT2D eigenvalue weighted by molar-refractivity contribution is -0.132. The van der Waals surface area contributed by atoms with E-state index in [0.717, 1.165) is 29.5 Å². The average Bonchev–Trinajstić information content (AvgIpc) is 2.55. The Labute approximate surface area is 139 Å². The van der Waals surface area contributed by atoms with Crippen molar-refractivity contribution in [2.45, 2.75) is 47.0 Å². The maximum absolute atomic E-state index is 12.8. The Kier molecular flexibility index (Phi) is 5.80. The van der Waals surface area contributed by atoms with Crippen molar-refractivity contribution in [2.24, 2.45) is 0 Å². The summed E-state index contributed by atoms with van der Waals surface area (Å²) in [5.74, 6) is 0.313. The second kappa shape index (κ2) is 7.62. The van der Waals surface area contributed by atoms with Gasteiger partial charge >= 0.3 is 0 Å². The summed E-state index contributed by atoms with van der Waals surface area (Å²) in [6.07, 6.45) is 2.61. The van der Waals surface area contributed by atoms with Crippen LogP contribution in [0.2, 0.25) is 0 Å². The molecule has 1 aromatic rings. The normalized spacial score (nSPS) is 15.0. The highest BCUT2D eigenvalue weighted by molar-refractivity contribution is 5.96. The molecule has 0 aliphatic carbocycles. The lowest BCUT2D eigenvalue weighted by Gasteiger charge is -2.35. The zero-order valence-electron chi connectivity index (χ0n) is 14.8. The second-order valence-electron chi connectivity index (χ2n) is 6.53. The molecule has 0 bridgehead atoms. The molecular weight excluding hydrogens is 288 g/mol. The fraction of sp³-hybridized carbons (Fsp3) is 0.579. The van der Waals surface area contributed by atoms with Crippen LogP contribution >= 0.6 is 0 Å². The third kappa shape index (κ3) is 4.12. The molecule has 23 heavy (non-hydrogen) atoms. The summed E-state index contributed by atoms with van der Waals surface area (Å²) in [5.41, 5.74) is 4.18. The molecular formula is C19H28N2O2. The van der Waals surface area contributed by atoms with Gasteiger partial charge in [-0.15, -0.1) is 0 Å². The first-order valence-corrected chi connectivity index (χ1v) is 8.59. The number of hydrogen-bond acceptors (Lipinski definition) is 2. The van der Waals surface area contributed by atoms with Gasteiger partial charge in [0, 0.05) is 38.2 Å². The number of piperazine rings is 1. The summed E-state index contributed by atoms with van der Waals surface area (Å²) in [6.45, 7) is 10.7. The summed E-state index contributed by atoms with van der Waals surface area (Å²) in [4.78, 5) is 28.6. The van der Waals surface area contributed by atoms with E-state index in [1.54, 1.807) is 0 Å². The zero-order chi connectivity index (χ0) is 17.0. The van der Waals surface area contributed by atoms with Gasteiger partial charge in [0.1, 0.15) is 0 Å². The number of carbonyl (C=O) groups is 2. The summed E-state index contributed by atoms with van der Waals surface area (Å²) in [6, 6.07) is 4.07. The molecule has 1 aliphatic heterocycles. The van der Waals surface area contributed by atoms with E-state index in [0.29, 0.717) is 32.6 Å². The van der Waals surface area contributed by atoms with Crippen molar-refractivity contribution < 1.29 is 9.59 Å². The van der Waals surface area contributed by atoms with Crippen LogP contribution in [0.1, 0.15) is 53.2 Å². The van der Waals surface area contributed by atoms with Gasteiger partial charge in [0.2, 0.25) is 5.91 Å². The summed E-state index contributed by atoms with van der Waals surface area (Å²) in [5, 5.41) is 0. The first-order chi connectivity index (χ1) is 10.9. The van der Waals surface area contributed by atoms with Gasteiger partial charge in [-0.25, -0.2) is 0 Å². The number of aryl methyl sites for hydroxylation is 3. The van der Waals surface area contributed by atoms with Crippen LogP contribution in [0.3, 0.4) is 0 Å².